The van der Waals surface area contributed by atoms with Crippen molar-refractivity contribution in [1.29, 1.82) is 0 Å². The lowest BCUT2D eigenvalue weighted by Gasteiger charge is -2.14. The molecule has 0 atom stereocenters. The van der Waals surface area contributed by atoms with Gasteiger partial charge < -0.3 is 0 Å². The van der Waals surface area contributed by atoms with Crippen molar-refractivity contribution in [3.8, 4) is 0 Å². The Kier molecular flexibility index (Phi) is 3.94. The lowest BCUT2D eigenvalue weighted by atomic mass is 10.1. The van der Waals surface area contributed by atoms with Crippen LogP contribution in [0.4, 0.5) is 4.39 Å². The van der Waals surface area contributed by atoms with E-state index < -0.39 is 15.8 Å². The highest BCUT2D eigenvalue weighted by atomic mass is 35.5. The van der Waals surface area contributed by atoms with Gasteiger partial charge in [0.2, 0.25) is 10.0 Å². The summed E-state index contributed by atoms with van der Waals surface area (Å²) in [6.45, 7) is 0.402. The van der Waals surface area contributed by atoms with Gasteiger partial charge in [-0.15, -0.1) is 11.6 Å². The lowest BCUT2D eigenvalue weighted by molar-refractivity contribution is 0.478. The first-order valence-corrected chi connectivity index (χ1v) is 7.80. The van der Waals surface area contributed by atoms with Gasteiger partial charge in [-0.2, -0.15) is 0 Å². The van der Waals surface area contributed by atoms with Crippen LogP contribution in [0, 0.1) is 11.2 Å². The zero-order valence-corrected chi connectivity index (χ0v) is 11.4. The Morgan fingerprint density at radius 1 is 1.28 bits per heavy atom. The molecule has 1 aromatic rings. The molecule has 0 amide bonds. The number of hydrogen-bond acceptors (Lipinski definition) is 2. The topological polar surface area (TPSA) is 46.2 Å². The molecule has 0 radical (unpaired) electrons. The number of rotatable bonds is 6. The molecule has 1 saturated carbocycles. The molecule has 3 nitrogen and oxygen atoms in total. The van der Waals surface area contributed by atoms with Crippen LogP contribution in [-0.4, -0.2) is 20.8 Å². The van der Waals surface area contributed by atoms with E-state index in [2.05, 4.69) is 4.72 Å². The molecule has 1 aromatic carbocycles. The van der Waals surface area contributed by atoms with Gasteiger partial charge in [0.15, 0.2) is 0 Å². The SMILES string of the molecule is O=S(=O)(NCC1(CCCl)CC1)c1ccc(F)cc1. The summed E-state index contributed by atoms with van der Waals surface area (Å²) in [7, 11) is -3.55. The highest BCUT2D eigenvalue weighted by Gasteiger charge is 2.42. The van der Waals surface area contributed by atoms with Crippen LogP contribution in [0.25, 0.3) is 0 Å². The summed E-state index contributed by atoms with van der Waals surface area (Å²) in [6, 6.07) is 4.80. The molecule has 2 rings (SSSR count). The highest BCUT2D eigenvalue weighted by Crippen LogP contribution is 2.48. The van der Waals surface area contributed by atoms with Crippen molar-refractivity contribution < 1.29 is 12.8 Å². The van der Waals surface area contributed by atoms with E-state index >= 15 is 0 Å². The third kappa shape index (κ3) is 3.22. The van der Waals surface area contributed by atoms with Crippen molar-refractivity contribution in [2.45, 2.75) is 24.2 Å². The van der Waals surface area contributed by atoms with E-state index in [9.17, 15) is 12.8 Å². The Morgan fingerprint density at radius 3 is 2.39 bits per heavy atom. The van der Waals surface area contributed by atoms with Crippen LogP contribution in [0.5, 0.6) is 0 Å². The monoisotopic (exact) mass is 291 g/mol. The quantitative estimate of drug-likeness (QED) is 0.819. The maximum atomic E-state index is 12.7. The minimum absolute atomic E-state index is 0.0366. The fourth-order valence-corrected chi connectivity index (χ4v) is 3.40. The summed E-state index contributed by atoms with van der Waals surface area (Å²) in [5.41, 5.74) is 0.0366. The largest absolute Gasteiger partial charge is 0.240 e. The molecule has 1 aliphatic carbocycles. The molecule has 1 N–H and O–H groups in total. The van der Waals surface area contributed by atoms with Crippen LogP contribution in [0.3, 0.4) is 0 Å². The third-order valence-corrected chi connectivity index (χ3v) is 4.95. The third-order valence-electron chi connectivity index (χ3n) is 3.34. The normalized spacial score (nSPS) is 17.7. The Bertz CT molecular complexity index is 511. The number of alkyl halides is 1. The van der Waals surface area contributed by atoms with Gasteiger partial charge in [0.05, 0.1) is 4.90 Å². The number of nitrogens with one attached hydrogen (secondary N) is 1. The van der Waals surface area contributed by atoms with Gasteiger partial charge in [0.25, 0.3) is 0 Å². The predicted molar refractivity (Wildman–Crippen MR) is 68.6 cm³/mol. The molecule has 0 saturated heterocycles. The van der Waals surface area contributed by atoms with E-state index in [0.29, 0.717) is 12.4 Å². The number of halogens is 2. The molecule has 0 aliphatic heterocycles. The van der Waals surface area contributed by atoms with Gasteiger partial charge in [0, 0.05) is 12.4 Å². The van der Waals surface area contributed by atoms with E-state index in [0.717, 1.165) is 31.4 Å². The molecule has 100 valence electrons. The van der Waals surface area contributed by atoms with E-state index in [1.807, 2.05) is 0 Å². The molecule has 18 heavy (non-hydrogen) atoms. The van der Waals surface area contributed by atoms with Gasteiger partial charge >= 0.3 is 0 Å². The fraction of sp³-hybridized carbons (Fsp3) is 0.500. The van der Waals surface area contributed by atoms with E-state index in [4.69, 9.17) is 11.6 Å². The summed E-state index contributed by atoms with van der Waals surface area (Å²) >= 11 is 5.69. The summed E-state index contributed by atoms with van der Waals surface area (Å²) < 4.78 is 39.2. The van der Waals surface area contributed by atoms with Gasteiger partial charge in [-0.05, 0) is 48.9 Å². The summed E-state index contributed by atoms with van der Waals surface area (Å²) in [6.07, 6.45) is 2.83. The number of benzene rings is 1. The second-order valence-electron chi connectivity index (χ2n) is 4.72. The average Bonchev–Trinajstić information content (AvgIpc) is 3.08. The zero-order valence-electron chi connectivity index (χ0n) is 9.83. The Labute approximate surface area is 111 Å². The zero-order chi connectivity index (χ0) is 13.2. The van der Waals surface area contributed by atoms with Gasteiger partial charge in [-0.1, -0.05) is 0 Å². The second kappa shape index (κ2) is 5.15. The van der Waals surface area contributed by atoms with Gasteiger partial charge in [-0.3, -0.25) is 0 Å². The summed E-state index contributed by atoms with van der Waals surface area (Å²) in [5.74, 6) is 0.0907. The first kappa shape index (κ1) is 13.8. The van der Waals surface area contributed by atoms with Crippen molar-refractivity contribution in [1.82, 2.24) is 4.72 Å². The van der Waals surface area contributed by atoms with Crippen molar-refractivity contribution in [2.75, 3.05) is 12.4 Å². The molecule has 0 aromatic heterocycles. The molecule has 0 spiro atoms. The molecule has 0 heterocycles. The van der Waals surface area contributed by atoms with Crippen LogP contribution in [0.1, 0.15) is 19.3 Å². The highest BCUT2D eigenvalue weighted by molar-refractivity contribution is 7.89. The smallest absolute Gasteiger partial charge is 0.211 e. The predicted octanol–water partition coefficient (Wildman–Crippen LogP) is 2.51. The number of hydrogen-bond donors (Lipinski definition) is 1. The number of sulfonamides is 1. The molecule has 0 unspecified atom stereocenters. The first-order chi connectivity index (χ1) is 8.47. The maximum absolute atomic E-state index is 12.7. The molecule has 1 aliphatic rings. The summed E-state index contributed by atoms with van der Waals surface area (Å²) in [4.78, 5) is 0.0885. The van der Waals surface area contributed by atoms with Gasteiger partial charge in [-0.25, -0.2) is 17.5 Å². The van der Waals surface area contributed by atoms with E-state index in [1.54, 1.807) is 0 Å². The molecule has 6 heteroatoms. The molecular weight excluding hydrogens is 277 g/mol. The summed E-state index contributed by atoms with van der Waals surface area (Å²) in [5, 5.41) is 0. The Morgan fingerprint density at radius 2 is 1.89 bits per heavy atom. The average molecular weight is 292 g/mol. The van der Waals surface area contributed by atoms with Crippen LogP contribution in [-0.2, 0) is 10.0 Å². The fourth-order valence-electron chi connectivity index (χ4n) is 1.84. The molecule has 0 bridgehead atoms. The van der Waals surface area contributed by atoms with Crippen LogP contribution >= 0.6 is 11.6 Å². The van der Waals surface area contributed by atoms with Gasteiger partial charge in [0.1, 0.15) is 5.82 Å². The van der Waals surface area contributed by atoms with E-state index in [1.165, 1.54) is 12.1 Å². The minimum atomic E-state index is -3.55. The van der Waals surface area contributed by atoms with Crippen molar-refractivity contribution >= 4 is 21.6 Å². The maximum Gasteiger partial charge on any atom is 0.240 e. The van der Waals surface area contributed by atoms with Crippen molar-refractivity contribution in [3.05, 3.63) is 30.1 Å². The minimum Gasteiger partial charge on any atom is -0.211 e. The standard InChI is InChI=1S/C12H15ClFNO2S/c13-8-7-12(5-6-12)9-15-18(16,17)11-3-1-10(14)2-4-11/h1-4,15H,5-9H2. The second-order valence-corrected chi connectivity index (χ2v) is 6.86. The Hall–Kier alpha value is -0.650. The van der Waals surface area contributed by atoms with Crippen LogP contribution < -0.4 is 4.72 Å². The van der Waals surface area contributed by atoms with Crippen molar-refractivity contribution in [3.63, 3.8) is 0 Å². The Balaban J connectivity index is 2.02. The van der Waals surface area contributed by atoms with E-state index in [-0.39, 0.29) is 10.3 Å². The lowest BCUT2D eigenvalue weighted by Crippen LogP contribution is -2.30. The van der Waals surface area contributed by atoms with Crippen LogP contribution in [0.15, 0.2) is 29.2 Å². The van der Waals surface area contributed by atoms with Crippen molar-refractivity contribution in [2.24, 2.45) is 5.41 Å². The molecular formula is C12H15ClFNO2S. The van der Waals surface area contributed by atoms with Crippen LogP contribution in [0.2, 0.25) is 0 Å². The first-order valence-electron chi connectivity index (χ1n) is 5.79. The molecule has 1 fully saturated rings.